The second kappa shape index (κ2) is 9.50. The quantitative estimate of drug-likeness (QED) is 0.303. The van der Waals surface area contributed by atoms with Crippen LogP contribution in [0.5, 0.6) is 0 Å². The summed E-state index contributed by atoms with van der Waals surface area (Å²) in [5.41, 5.74) is 3.43. The molecule has 0 spiro atoms. The molecule has 0 saturated heterocycles. The number of ether oxygens (including phenoxy) is 2. The maximum absolute atomic E-state index is 12.4. The van der Waals surface area contributed by atoms with E-state index in [1.807, 2.05) is 18.4 Å². The standard InChI is InChI=1S/C22H23NO5/c1-5-12-23-15(2)13-19(16(23)3)20(24)14-28-21(25)11-8-17-6-9-18(10-7-17)22(26)27-4/h5-11,13H,1,12,14H2,2-4H3/b11-8+. The summed E-state index contributed by atoms with van der Waals surface area (Å²) in [5.74, 6) is -1.31. The number of hydrogen-bond acceptors (Lipinski definition) is 5. The summed E-state index contributed by atoms with van der Waals surface area (Å²) in [6.07, 6.45) is 4.54. The lowest BCUT2D eigenvalue weighted by atomic mass is 10.1. The molecule has 0 amide bonds. The van der Waals surface area contributed by atoms with E-state index in [1.165, 1.54) is 13.2 Å². The van der Waals surface area contributed by atoms with Gasteiger partial charge in [0.15, 0.2) is 6.61 Å². The van der Waals surface area contributed by atoms with Crippen molar-refractivity contribution in [2.45, 2.75) is 20.4 Å². The lowest BCUT2D eigenvalue weighted by Crippen LogP contribution is -2.13. The van der Waals surface area contributed by atoms with Gasteiger partial charge in [-0.15, -0.1) is 6.58 Å². The second-order valence-electron chi connectivity index (χ2n) is 6.16. The average Bonchev–Trinajstić information content (AvgIpc) is 2.99. The van der Waals surface area contributed by atoms with Crippen LogP contribution in [0.4, 0.5) is 0 Å². The number of hydrogen-bond donors (Lipinski definition) is 0. The highest BCUT2D eigenvalue weighted by Gasteiger charge is 2.16. The zero-order chi connectivity index (χ0) is 20.7. The number of aromatic nitrogens is 1. The van der Waals surface area contributed by atoms with Crippen LogP contribution in [-0.4, -0.2) is 36.0 Å². The number of esters is 2. The fraction of sp³-hybridized carbons (Fsp3) is 0.227. The summed E-state index contributed by atoms with van der Waals surface area (Å²) in [7, 11) is 1.31. The molecular formula is C22H23NO5. The maximum Gasteiger partial charge on any atom is 0.337 e. The Bertz CT molecular complexity index is 919. The SMILES string of the molecule is C=CCn1c(C)cc(C(=O)COC(=O)/C=C/c2ccc(C(=O)OC)cc2)c1C. The molecule has 1 aromatic heterocycles. The first-order valence-corrected chi connectivity index (χ1v) is 8.71. The van der Waals surface area contributed by atoms with Crippen molar-refractivity contribution >= 4 is 23.8 Å². The van der Waals surface area contributed by atoms with Crippen LogP contribution in [0.2, 0.25) is 0 Å². The molecule has 6 nitrogen and oxygen atoms in total. The first kappa shape index (κ1) is 20.9. The molecule has 146 valence electrons. The van der Waals surface area contributed by atoms with Crippen molar-refractivity contribution < 1.29 is 23.9 Å². The fourth-order valence-electron chi connectivity index (χ4n) is 2.77. The monoisotopic (exact) mass is 381 g/mol. The third-order valence-electron chi connectivity index (χ3n) is 4.27. The Morgan fingerprint density at radius 2 is 1.82 bits per heavy atom. The van der Waals surface area contributed by atoms with Crippen LogP contribution >= 0.6 is 0 Å². The number of benzene rings is 1. The fourth-order valence-corrected chi connectivity index (χ4v) is 2.77. The Labute approximate surface area is 164 Å². The van der Waals surface area contributed by atoms with Crippen molar-refractivity contribution in [2.24, 2.45) is 0 Å². The molecule has 28 heavy (non-hydrogen) atoms. The van der Waals surface area contributed by atoms with E-state index in [4.69, 9.17) is 4.74 Å². The van der Waals surface area contributed by atoms with Crippen molar-refractivity contribution in [3.05, 3.63) is 77.1 Å². The molecule has 0 radical (unpaired) electrons. The third-order valence-corrected chi connectivity index (χ3v) is 4.27. The predicted octanol–water partition coefficient (Wildman–Crippen LogP) is 3.52. The highest BCUT2D eigenvalue weighted by molar-refractivity contribution is 6.00. The van der Waals surface area contributed by atoms with Gasteiger partial charge in [0.05, 0.1) is 12.7 Å². The predicted molar refractivity (Wildman–Crippen MR) is 106 cm³/mol. The Balaban J connectivity index is 1.94. The van der Waals surface area contributed by atoms with Crippen LogP contribution < -0.4 is 0 Å². The molecule has 1 heterocycles. The Morgan fingerprint density at radius 1 is 1.14 bits per heavy atom. The third kappa shape index (κ3) is 5.07. The Morgan fingerprint density at radius 3 is 2.43 bits per heavy atom. The number of methoxy groups -OCH3 is 1. The number of allylic oxidation sites excluding steroid dienone is 1. The minimum atomic E-state index is -0.620. The molecule has 0 atom stereocenters. The normalized spacial score (nSPS) is 10.7. The minimum absolute atomic E-state index is 0.257. The molecule has 1 aromatic carbocycles. The van der Waals surface area contributed by atoms with E-state index < -0.39 is 11.9 Å². The summed E-state index contributed by atoms with van der Waals surface area (Å²) in [4.78, 5) is 35.6. The molecular weight excluding hydrogens is 358 g/mol. The van der Waals surface area contributed by atoms with Gasteiger partial charge in [-0.25, -0.2) is 9.59 Å². The van der Waals surface area contributed by atoms with Crippen LogP contribution in [0.1, 0.15) is 37.7 Å². The van der Waals surface area contributed by atoms with Gasteiger partial charge in [-0.1, -0.05) is 18.2 Å². The first-order chi connectivity index (χ1) is 13.4. The van der Waals surface area contributed by atoms with Crippen LogP contribution in [-0.2, 0) is 20.8 Å². The van der Waals surface area contributed by atoms with Crippen LogP contribution in [0.25, 0.3) is 6.08 Å². The van der Waals surface area contributed by atoms with Gasteiger partial charge in [0, 0.05) is 29.6 Å². The molecule has 0 aliphatic heterocycles. The van der Waals surface area contributed by atoms with Gasteiger partial charge < -0.3 is 14.0 Å². The van der Waals surface area contributed by atoms with Gasteiger partial charge in [-0.2, -0.15) is 0 Å². The van der Waals surface area contributed by atoms with Crippen LogP contribution in [0, 0.1) is 13.8 Å². The van der Waals surface area contributed by atoms with Crippen molar-refractivity contribution in [3.8, 4) is 0 Å². The van der Waals surface area contributed by atoms with Crippen LogP contribution in [0.15, 0.2) is 49.1 Å². The molecule has 6 heteroatoms. The molecule has 0 bridgehead atoms. The Hall–Kier alpha value is -3.41. The number of aryl methyl sites for hydroxylation is 1. The number of carbonyl (C=O) groups is 3. The van der Waals surface area contributed by atoms with Crippen molar-refractivity contribution in [3.63, 3.8) is 0 Å². The summed E-state index contributed by atoms with van der Waals surface area (Å²) >= 11 is 0. The summed E-state index contributed by atoms with van der Waals surface area (Å²) in [5, 5.41) is 0. The van der Waals surface area contributed by atoms with Gasteiger partial charge in [0.2, 0.25) is 5.78 Å². The molecule has 0 aliphatic rings. The van der Waals surface area contributed by atoms with Gasteiger partial charge in [0.1, 0.15) is 0 Å². The van der Waals surface area contributed by atoms with E-state index in [9.17, 15) is 14.4 Å². The van der Waals surface area contributed by atoms with Crippen LogP contribution in [0.3, 0.4) is 0 Å². The largest absolute Gasteiger partial charge is 0.465 e. The van der Waals surface area contributed by atoms with E-state index in [2.05, 4.69) is 11.3 Å². The number of Topliss-reactive ketones (excluding diaryl/α,β-unsaturated/α-hetero) is 1. The zero-order valence-electron chi connectivity index (χ0n) is 16.2. The molecule has 0 N–H and O–H groups in total. The second-order valence-corrected chi connectivity index (χ2v) is 6.16. The summed E-state index contributed by atoms with van der Waals surface area (Å²) in [6.45, 7) is 7.75. The average molecular weight is 381 g/mol. The highest BCUT2D eigenvalue weighted by Crippen LogP contribution is 2.16. The smallest absolute Gasteiger partial charge is 0.337 e. The molecule has 0 fully saturated rings. The van der Waals surface area contributed by atoms with E-state index in [-0.39, 0.29) is 12.4 Å². The van der Waals surface area contributed by atoms with Gasteiger partial charge in [-0.3, -0.25) is 4.79 Å². The zero-order valence-corrected chi connectivity index (χ0v) is 16.2. The first-order valence-electron chi connectivity index (χ1n) is 8.71. The lowest BCUT2D eigenvalue weighted by molar-refractivity contribution is -0.136. The van der Waals surface area contributed by atoms with E-state index in [0.29, 0.717) is 23.2 Å². The number of carbonyl (C=O) groups excluding carboxylic acids is 3. The number of rotatable bonds is 8. The molecule has 2 aromatic rings. The lowest BCUT2D eigenvalue weighted by Gasteiger charge is -2.06. The maximum atomic E-state index is 12.4. The summed E-state index contributed by atoms with van der Waals surface area (Å²) < 4.78 is 11.6. The topological polar surface area (TPSA) is 74.6 Å². The number of ketones is 1. The molecule has 0 unspecified atom stereocenters. The Kier molecular flexibility index (Phi) is 7.09. The van der Waals surface area contributed by atoms with E-state index >= 15 is 0 Å². The molecule has 2 rings (SSSR count). The highest BCUT2D eigenvalue weighted by atomic mass is 16.5. The van der Waals surface area contributed by atoms with Gasteiger partial charge >= 0.3 is 11.9 Å². The van der Waals surface area contributed by atoms with Gasteiger partial charge in [0.25, 0.3) is 0 Å². The van der Waals surface area contributed by atoms with Crippen molar-refractivity contribution in [1.29, 1.82) is 0 Å². The molecule has 0 aliphatic carbocycles. The van der Waals surface area contributed by atoms with Crippen molar-refractivity contribution in [2.75, 3.05) is 13.7 Å². The van der Waals surface area contributed by atoms with Crippen molar-refractivity contribution in [1.82, 2.24) is 4.57 Å². The van der Waals surface area contributed by atoms with Gasteiger partial charge in [-0.05, 0) is 43.7 Å². The number of nitrogens with zero attached hydrogens (tertiary/aromatic N) is 1. The summed E-state index contributed by atoms with van der Waals surface area (Å²) in [6, 6.07) is 8.33. The molecule has 0 saturated carbocycles. The van der Waals surface area contributed by atoms with E-state index in [0.717, 1.165) is 11.4 Å². The minimum Gasteiger partial charge on any atom is -0.465 e. The van der Waals surface area contributed by atoms with E-state index in [1.54, 1.807) is 42.5 Å².